The van der Waals surface area contributed by atoms with Gasteiger partial charge in [-0.25, -0.2) is 4.98 Å². The number of hydrogen-bond donors (Lipinski definition) is 1. The minimum atomic E-state index is -2.90. The molecule has 1 aromatic heterocycles. The Labute approximate surface area is 212 Å². The average molecular weight is 565 g/mol. The predicted octanol–water partition coefficient (Wildman–Crippen LogP) is 7.29. The van der Waals surface area contributed by atoms with E-state index in [4.69, 9.17) is 11.6 Å². The normalized spacial score (nSPS) is 11.0. The SMILES string of the molecule is O=C(CSc1ncc(-c2ccc(Br)cc2)n1-c1ccc(OC(F)F)cc1)Nc1ccc(Cl)cc1. The van der Waals surface area contributed by atoms with Crippen LogP contribution in [0, 0.1) is 0 Å². The van der Waals surface area contributed by atoms with Gasteiger partial charge in [0.05, 0.1) is 17.6 Å². The topological polar surface area (TPSA) is 56.2 Å². The van der Waals surface area contributed by atoms with Crippen LogP contribution in [0.2, 0.25) is 5.02 Å². The summed E-state index contributed by atoms with van der Waals surface area (Å²) >= 11 is 10.6. The molecule has 1 heterocycles. The molecule has 4 aromatic rings. The van der Waals surface area contributed by atoms with Gasteiger partial charge in [0.25, 0.3) is 0 Å². The number of halogens is 4. The number of amides is 1. The van der Waals surface area contributed by atoms with E-state index in [0.29, 0.717) is 21.6 Å². The fourth-order valence-corrected chi connectivity index (χ4v) is 4.33. The number of imidazole rings is 1. The number of thioether (sulfide) groups is 1. The van der Waals surface area contributed by atoms with Gasteiger partial charge in [0, 0.05) is 26.4 Å². The molecule has 0 saturated heterocycles. The molecule has 0 fully saturated rings. The first-order valence-electron chi connectivity index (χ1n) is 9.96. The number of nitrogens with one attached hydrogen (secondary N) is 1. The molecule has 0 atom stereocenters. The molecule has 174 valence electrons. The Morgan fingerprint density at radius 1 is 1.06 bits per heavy atom. The van der Waals surface area contributed by atoms with E-state index in [9.17, 15) is 13.6 Å². The monoisotopic (exact) mass is 563 g/mol. The van der Waals surface area contributed by atoms with Crippen LogP contribution in [0.25, 0.3) is 16.9 Å². The van der Waals surface area contributed by atoms with Gasteiger partial charge in [-0.1, -0.05) is 51.4 Å². The molecule has 0 spiro atoms. The molecule has 0 saturated carbocycles. The summed E-state index contributed by atoms with van der Waals surface area (Å²) in [5.74, 6) is -0.0280. The van der Waals surface area contributed by atoms with E-state index < -0.39 is 6.61 Å². The molecule has 0 aliphatic carbocycles. The van der Waals surface area contributed by atoms with Crippen LogP contribution in [0.3, 0.4) is 0 Å². The maximum atomic E-state index is 12.5. The highest BCUT2D eigenvalue weighted by Gasteiger charge is 2.16. The Balaban J connectivity index is 1.59. The van der Waals surface area contributed by atoms with Crippen molar-refractivity contribution in [1.82, 2.24) is 9.55 Å². The van der Waals surface area contributed by atoms with Crippen LogP contribution in [0.15, 0.2) is 88.6 Å². The first kappa shape index (κ1) is 24.3. The Kier molecular flexibility index (Phi) is 7.87. The summed E-state index contributed by atoms with van der Waals surface area (Å²) < 4.78 is 32.3. The molecule has 0 aliphatic heterocycles. The van der Waals surface area contributed by atoms with Crippen molar-refractivity contribution in [2.24, 2.45) is 0 Å². The van der Waals surface area contributed by atoms with Crippen molar-refractivity contribution < 1.29 is 18.3 Å². The van der Waals surface area contributed by atoms with E-state index >= 15 is 0 Å². The van der Waals surface area contributed by atoms with Gasteiger partial charge >= 0.3 is 6.61 Å². The van der Waals surface area contributed by atoms with Gasteiger partial charge < -0.3 is 10.1 Å². The first-order valence-corrected chi connectivity index (χ1v) is 12.1. The molecule has 0 unspecified atom stereocenters. The molecule has 5 nitrogen and oxygen atoms in total. The highest BCUT2D eigenvalue weighted by atomic mass is 79.9. The molecular weight excluding hydrogens is 548 g/mol. The summed E-state index contributed by atoms with van der Waals surface area (Å²) in [6.45, 7) is -2.90. The van der Waals surface area contributed by atoms with E-state index in [0.717, 1.165) is 15.7 Å². The van der Waals surface area contributed by atoms with E-state index in [2.05, 4.69) is 31.0 Å². The lowest BCUT2D eigenvalue weighted by molar-refractivity contribution is -0.113. The second kappa shape index (κ2) is 11.0. The number of ether oxygens (including phenoxy) is 1. The van der Waals surface area contributed by atoms with Crippen LogP contribution >= 0.6 is 39.3 Å². The predicted molar refractivity (Wildman–Crippen MR) is 134 cm³/mol. The standard InChI is InChI=1S/C24H17BrClF2N3O2S/c25-16-3-1-15(2-4-16)21-13-29-24(31(21)19-9-11-20(12-10-19)33-23(27)28)34-14-22(32)30-18-7-5-17(26)6-8-18/h1-13,23H,14H2,(H,30,32). The van der Waals surface area contributed by atoms with Crippen LogP contribution in [0.1, 0.15) is 0 Å². The van der Waals surface area contributed by atoms with Crippen molar-refractivity contribution in [3.8, 4) is 22.7 Å². The maximum absolute atomic E-state index is 12.5. The molecule has 10 heteroatoms. The maximum Gasteiger partial charge on any atom is 0.387 e. The van der Waals surface area contributed by atoms with Crippen molar-refractivity contribution in [1.29, 1.82) is 0 Å². The third-order valence-corrected chi connectivity index (χ3v) is 6.38. The van der Waals surface area contributed by atoms with Crippen molar-refractivity contribution >= 4 is 50.9 Å². The summed E-state index contributed by atoms with van der Waals surface area (Å²) in [5.41, 5.74) is 3.03. The zero-order valence-electron chi connectivity index (χ0n) is 17.4. The second-order valence-corrected chi connectivity index (χ2v) is 9.28. The number of alkyl halides is 2. The smallest absolute Gasteiger partial charge is 0.387 e. The van der Waals surface area contributed by atoms with Crippen LogP contribution in [0.5, 0.6) is 5.75 Å². The third-order valence-electron chi connectivity index (χ3n) is 4.65. The zero-order chi connectivity index (χ0) is 24.1. The summed E-state index contributed by atoms with van der Waals surface area (Å²) in [6, 6.07) is 20.8. The zero-order valence-corrected chi connectivity index (χ0v) is 20.6. The Morgan fingerprint density at radius 3 is 2.38 bits per heavy atom. The number of aromatic nitrogens is 2. The largest absolute Gasteiger partial charge is 0.435 e. The fraction of sp³-hybridized carbons (Fsp3) is 0.0833. The Bertz CT molecular complexity index is 1270. The average Bonchev–Trinajstić information content (AvgIpc) is 3.24. The molecular formula is C24H17BrClF2N3O2S. The number of benzene rings is 3. The molecule has 0 aliphatic rings. The van der Waals surface area contributed by atoms with Crippen LogP contribution in [0.4, 0.5) is 14.5 Å². The van der Waals surface area contributed by atoms with Crippen LogP contribution < -0.4 is 10.1 Å². The van der Waals surface area contributed by atoms with Gasteiger partial charge in [0.15, 0.2) is 5.16 Å². The number of nitrogens with zero attached hydrogens (tertiary/aromatic N) is 2. The lowest BCUT2D eigenvalue weighted by atomic mass is 10.1. The fourth-order valence-electron chi connectivity index (χ4n) is 3.15. The van der Waals surface area contributed by atoms with E-state index in [1.165, 1.54) is 23.9 Å². The van der Waals surface area contributed by atoms with Crippen molar-refractivity contribution in [3.63, 3.8) is 0 Å². The molecule has 4 rings (SSSR count). The molecule has 34 heavy (non-hydrogen) atoms. The minimum absolute atomic E-state index is 0.0561. The van der Waals surface area contributed by atoms with Gasteiger partial charge in [-0.15, -0.1) is 0 Å². The molecule has 1 N–H and O–H groups in total. The van der Waals surface area contributed by atoms with Crippen molar-refractivity contribution in [2.75, 3.05) is 11.1 Å². The van der Waals surface area contributed by atoms with Crippen LogP contribution in [-0.4, -0.2) is 27.8 Å². The number of carbonyl (C=O) groups is 1. The molecule has 1 amide bonds. The number of hydrogen-bond acceptors (Lipinski definition) is 4. The summed E-state index contributed by atoms with van der Waals surface area (Å²) in [7, 11) is 0. The lowest BCUT2D eigenvalue weighted by Gasteiger charge is -2.13. The molecule has 0 bridgehead atoms. The number of rotatable bonds is 8. The van der Waals surface area contributed by atoms with Gasteiger partial charge in [0.2, 0.25) is 5.91 Å². The van der Waals surface area contributed by atoms with E-state index in [1.54, 1.807) is 42.6 Å². The summed E-state index contributed by atoms with van der Waals surface area (Å²) in [4.78, 5) is 17.0. The third kappa shape index (κ3) is 6.16. The second-order valence-electron chi connectivity index (χ2n) is 6.98. The van der Waals surface area contributed by atoms with E-state index in [1.807, 2.05) is 28.8 Å². The Hall–Kier alpha value is -2.88. The van der Waals surface area contributed by atoms with E-state index in [-0.39, 0.29) is 17.4 Å². The molecule has 0 radical (unpaired) electrons. The summed E-state index contributed by atoms with van der Waals surface area (Å²) in [6.07, 6.45) is 1.71. The van der Waals surface area contributed by atoms with Gasteiger partial charge in [-0.05, 0) is 60.7 Å². The van der Waals surface area contributed by atoms with Gasteiger partial charge in [-0.3, -0.25) is 9.36 Å². The minimum Gasteiger partial charge on any atom is -0.435 e. The van der Waals surface area contributed by atoms with Gasteiger partial charge in [-0.2, -0.15) is 8.78 Å². The first-order chi connectivity index (χ1) is 16.4. The van der Waals surface area contributed by atoms with Crippen LogP contribution in [-0.2, 0) is 4.79 Å². The lowest BCUT2D eigenvalue weighted by Crippen LogP contribution is -2.14. The van der Waals surface area contributed by atoms with Crippen molar-refractivity contribution in [3.05, 3.63) is 88.5 Å². The number of carbonyl (C=O) groups excluding carboxylic acids is 1. The summed E-state index contributed by atoms with van der Waals surface area (Å²) in [5, 5.41) is 3.98. The quantitative estimate of drug-likeness (QED) is 0.228. The number of anilines is 1. The Morgan fingerprint density at radius 2 is 1.74 bits per heavy atom. The van der Waals surface area contributed by atoms with Gasteiger partial charge in [0.1, 0.15) is 5.75 Å². The van der Waals surface area contributed by atoms with Crippen molar-refractivity contribution in [2.45, 2.75) is 11.8 Å². The highest BCUT2D eigenvalue weighted by Crippen LogP contribution is 2.31. The highest BCUT2D eigenvalue weighted by molar-refractivity contribution is 9.10. The molecule has 3 aromatic carbocycles.